The highest BCUT2D eigenvalue weighted by molar-refractivity contribution is 5.84. The molecule has 1 aromatic carbocycles. The van der Waals surface area contributed by atoms with Crippen LogP contribution < -0.4 is 4.74 Å². The van der Waals surface area contributed by atoms with Gasteiger partial charge in [-0.15, -0.1) is 0 Å². The van der Waals surface area contributed by atoms with Crippen LogP contribution in [0.4, 0.5) is 5.69 Å². The standard InChI is InChI=1S/C27H38N6O12/c1-44-15-14-32(20-27(41)45-22-4-2-21(3-5-22)33(42)43)23(34)16-28-6-8-29(17-24(35)36)10-12-31(19-26(39)40)13-11-30(9-7-28)18-25(37)38/h2-5,10,12H,6-9,11,13-20H2,1H3,(H,35,36)(H,37,38)(H,39,40)/b12-10-. The summed E-state index contributed by atoms with van der Waals surface area (Å²) in [6.45, 7) is -0.563. The van der Waals surface area contributed by atoms with Crippen molar-refractivity contribution >= 4 is 35.5 Å². The van der Waals surface area contributed by atoms with Gasteiger partial charge in [0.1, 0.15) is 25.4 Å². The van der Waals surface area contributed by atoms with Crippen LogP contribution in [0.5, 0.6) is 5.75 Å². The molecule has 18 heteroatoms. The van der Waals surface area contributed by atoms with Crippen LogP contribution in [0.1, 0.15) is 0 Å². The predicted molar refractivity (Wildman–Crippen MR) is 155 cm³/mol. The third-order valence-corrected chi connectivity index (χ3v) is 6.54. The maximum absolute atomic E-state index is 13.4. The molecule has 0 bridgehead atoms. The van der Waals surface area contributed by atoms with Crippen molar-refractivity contribution in [2.45, 2.75) is 0 Å². The largest absolute Gasteiger partial charge is 0.480 e. The zero-order valence-electron chi connectivity index (χ0n) is 24.9. The van der Waals surface area contributed by atoms with Crippen molar-refractivity contribution in [3.8, 4) is 5.75 Å². The normalized spacial score (nSPS) is 15.8. The zero-order valence-corrected chi connectivity index (χ0v) is 24.9. The molecule has 1 aliphatic heterocycles. The molecule has 0 unspecified atom stereocenters. The highest BCUT2D eigenvalue weighted by Crippen LogP contribution is 2.17. The summed E-state index contributed by atoms with van der Waals surface area (Å²) in [5.74, 6) is -4.53. The van der Waals surface area contributed by atoms with E-state index >= 15 is 0 Å². The second-order valence-corrected chi connectivity index (χ2v) is 10.0. The molecular formula is C27H38N6O12. The Hall–Kier alpha value is -4.81. The number of nitrogens with zero attached hydrogens (tertiary/aromatic N) is 6. The van der Waals surface area contributed by atoms with Crippen molar-refractivity contribution in [2.24, 2.45) is 0 Å². The molecule has 3 N–H and O–H groups in total. The lowest BCUT2D eigenvalue weighted by Gasteiger charge is -2.32. The number of rotatable bonds is 15. The lowest BCUT2D eigenvalue weighted by atomic mass is 10.3. The van der Waals surface area contributed by atoms with Gasteiger partial charge in [-0.25, -0.2) is 4.79 Å². The fourth-order valence-corrected chi connectivity index (χ4v) is 4.24. The van der Waals surface area contributed by atoms with Crippen LogP contribution in [-0.4, -0.2) is 167 Å². The molecule has 45 heavy (non-hydrogen) atoms. The third kappa shape index (κ3) is 14.5. The summed E-state index contributed by atoms with van der Waals surface area (Å²) in [5.41, 5.74) is -0.185. The summed E-state index contributed by atoms with van der Waals surface area (Å²) in [7, 11) is 1.42. The number of non-ortho nitro benzene ring substituents is 1. The molecule has 1 aromatic rings. The minimum Gasteiger partial charge on any atom is -0.480 e. The Bertz CT molecular complexity index is 1210. The number of benzene rings is 1. The molecule has 0 atom stereocenters. The van der Waals surface area contributed by atoms with Crippen LogP contribution >= 0.6 is 0 Å². The Balaban J connectivity index is 2.20. The quantitative estimate of drug-likeness (QED) is 0.0899. The van der Waals surface area contributed by atoms with Gasteiger partial charge in [0.15, 0.2) is 0 Å². The first kappa shape index (κ1) is 36.4. The molecule has 248 valence electrons. The molecule has 1 amide bonds. The van der Waals surface area contributed by atoms with Crippen LogP contribution in [0.3, 0.4) is 0 Å². The number of nitro groups is 1. The molecule has 0 saturated heterocycles. The zero-order chi connectivity index (χ0) is 33.4. The molecule has 0 saturated carbocycles. The number of methoxy groups -OCH3 is 1. The maximum Gasteiger partial charge on any atom is 0.331 e. The average molecular weight is 639 g/mol. The van der Waals surface area contributed by atoms with E-state index in [-0.39, 0.29) is 83.5 Å². The summed E-state index contributed by atoms with van der Waals surface area (Å²) < 4.78 is 10.3. The highest BCUT2D eigenvalue weighted by Gasteiger charge is 2.23. The van der Waals surface area contributed by atoms with Gasteiger partial charge in [-0.05, 0) is 12.1 Å². The van der Waals surface area contributed by atoms with E-state index in [9.17, 15) is 49.4 Å². The minimum atomic E-state index is -1.12. The Morgan fingerprint density at radius 2 is 1.29 bits per heavy atom. The summed E-state index contributed by atoms with van der Waals surface area (Å²) in [4.78, 5) is 78.1. The van der Waals surface area contributed by atoms with Gasteiger partial charge in [0.05, 0.1) is 24.6 Å². The number of ether oxygens (including phenoxy) is 2. The second-order valence-electron chi connectivity index (χ2n) is 10.0. The fourth-order valence-electron chi connectivity index (χ4n) is 4.24. The number of hydrogen-bond donors (Lipinski definition) is 3. The van der Waals surface area contributed by atoms with Crippen LogP contribution in [-0.2, 0) is 28.7 Å². The van der Waals surface area contributed by atoms with Gasteiger partial charge in [-0.3, -0.25) is 39.1 Å². The maximum atomic E-state index is 13.4. The molecule has 1 aliphatic rings. The van der Waals surface area contributed by atoms with Crippen molar-refractivity contribution in [2.75, 3.05) is 92.3 Å². The molecule has 1 heterocycles. The van der Waals surface area contributed by atoms with E-state index < -0.39 is 47.8 Å². The Kier molecular flexibility index (Phi) is 15.2. The van der Waals surface area contributed by atoms with E-state index in [1.807, 2.05) is 0 Å². The van der Waals surface area contributed by atoms with E-state index in [1.165, 1.54) is 58.5 Å². The van der Waals surface area contributed by atoms with Crippen LogP contribution in [0.25, 0.3) is 0 Å². The van der Waals surface area contributed by atoms with Crippen LogP contribution in [0.15, 0.2) is 36.7 Å². The summed E-state index contributed by atoms with van der Waals surface area (Å²) in [6, 6.07) is 4.87. The lowest BCUT2D eigenvalue weighted by molar-refractivity contribution is -0.384. The first-order chi connectivity index (χ1) is 21.4. The summed E-state index contributed by atoms with van der Waals surface area (Å²) >= 11 is 0. The predicted octanol–water partition coefficient (Wildman–Crippen LogP) is -1.08. The monoisotopic (exact) mass is 638 g/mol. The Labute approximate surface area is 258 Å². The van der Waals surface area contributed by atoms with Gasteiger partial charge in [0, 0.05) is 77.5 Å². The minimum absolute atomic E-state index is 0.0387. The number of carbonyl (C=O) groups is 5. The van der Waals surface area contributed by atoms with Crippen molar-refractivity contribution < 1.29 is 53.7 Å². The summed E-state index contributed by atoms with van der Waals surface area (Å²) in [6.07, 6.45) is 2.88. The van der Waals surface area contributed by atoms with E-state index in [0.717, 1.165) is 0 Å². The number of esters is 1. The molecule has 0 spiro atoms. The smallest absolute Gasteiger partial charge is 0.331 e. The SMILES string of the molecule is COCCN(CC(=O)Oc1ccc([N+](=O)[O-])cc1)C(=O)CN1CCN(CC(=O)O)/C=C\N(CC(=O)O)CCN(CC(=O)O)CC1. The number of nitro benzene ring substituents is 1. The molecule has 2 rings (SSSR count). The number of amides is 1. The Morgan fingerprint density at radius 3 is 1.76 bits per heavy atom. The number of hydrogen-bond acceptors (Lipinski definition) is 13. The van der Waals surface area contributed by atoms with Crippen molar-refractivity contribution in [3.05, 3.63) is 46.8 Å². The molecule has 18 nitrogen and oxygen atoms in total. The van der Waals surface area contributed by atoms with Crippen LogP contribution in [0.2, 0.25) is 0 Å². The molecule has 0 fully saturated rings. The second kappa shape index (κ2) is 18.8. The molecule has 0 radical (unpaired) electrons. The Morgan fingerprint density at radius 1 is 0.800 bits per heavy atom. The lowest BCUT2D eigenvalue weighted by Crippen LogP contribution is -2.49. The molecule has 0 aliphatic carbocycles. The van der Waals surface area contributed by atoms with E-state index in [2.05, 4.69) is 0 Å². The number of carboxylic acids is 3. The van der Waals surface area contributed by atoms with Gasteiger partial charge in [0.2, 0.25) is 5.91 Å². The average Bonchev–Trinajstić information content (AvgIpc) is 2.95. The number of carboxylic acid groups (broad SMARTS) is 3. The van der Waals surface area contributed by atoms with Crippen molar-refractivity contribution in [3.63, 3.8) is 0 Å². The van der Waals surface area contributed by atoms with Crippen molar-refractivity contribution in [1.82, 2.24) is 24.5 Å². The fraction of sp³-hybridized carbons (Fsp3) is 0.519. The molecular weight excluding hydrogens is 600 g/mol. The third-order valence-electron chi connectivity index (χ3n) is 6.54. The molecule has 0 aromatic heterocycles. The van der Waals surface area contributed by atoms with E-state index in [0.29, 0.717) is 0 Å². The van der Waals surface area contributed by atoms with E-state index in [4.69, 9.17) is 9.47 Å². The van der Waals surface area contributed by atoms with Gasteiger partial charge >= 0.3 is 23.9 Å². The first-order valence-electron chi connectivity index (χ1n) is 13.8. The number of aliphatic carboxylic acids is 3. The van der Waals surface area contributed by atoms with Gasteiger partial charge < -0.3 is 39.5 Å². The highest BCUT2D eigenvalue weighted by atomic mass is 16.6. The van der Waals surface area contributed by atoms with E-state index in [1.54, 1.807) is 9.80 Å². The topological polar surface area (TPSA) is 224 Å². The first-order valence-corrected chi connectivity index (χ1v) is 13.8. The van der Waals surface area contributed by atoms with Gasteiger partial charge in [0.25, 0.3) is 5.69 Å². The number of carbonyl (C=O) groups excluding carboxylic acids is 2. The van der Waals surface area contributed by atoms with Crippen LogP contribution in [0, 0.1) is 10.1 Å². The van der Waals surface area contributed by atoms with Crippen molar-refractivity contribution in [1.29, 1.82) is 0 Å². The summed E-state index contributed by atoms with van der Waals surface area (Å²) in [5, 5.41) is 38.9. The van der Waals surface area contributed by atoms with Gasteiger partial charge in [-0.2, -0.15) is 0 Å². The van der Waals surface area contributed by atoms with Gasteiger partial charge in [-0.1, -0.05) is 0 Å².